The number of nitrogens with zero attached hydrogens (tertiary/aromatic N) is 4. The van der Waals surface area contributed by atoms with Crippen LogP contribution in [0.25, 0.3) is 44.3 Å². The van der Waals surface area contributed by atoms with Gasteiger partial charge in [0, 0.05) is 83.3 Å². The van der Waals surface area contributed by atoms with Gasteiger partial charge in [-0.15, -0.1) is 0 Å². The summed E-state index contributed by atoms with van der Waals surface area (Å²) in [5, 5.41) is 18.2. The maximum atomic E-state index is 16.0. The van der Waals surface area contributed by atoms with Gasteiger partial charge in [0.15, 0.2) is 32.8 Å². The molecule has 448 valence electrons. The first-order valence-corrected chi connectivity index (χ1v) is 29.9. The molecule has 2 heterocycles. The summed E-state index contributed by atoms with van der Waals surface area (Å²) in [6, 6.07) is 36.3. The molecule has 15 nitrogen and oxygen atoms in total. The summed E-state index contributed by atoms with van der Waals surface area (Å²) in [7, 11) is 15.1. The van der Waals surface area contributed by atoms with Crippen LogP contribution in [-0.2, 0) is 47.7 Å². The van der Waals surface area contributed by atoms with Crippen molar-refractivity contribution >= 4 is 68.1 Å². The number of ether oxygens (including phenoxy) is 6. The number of hydrogen-bond donors (Lipinski definition) is 2. The molecule has 0 radical (unpaired) electrons. The third kappa shape index (κ3) is 15.4. The molecule has 0 unspecified atom stereocenters. The molecule has 0 aliphatic heterocycles. The number of likely N-dealkylation sites (N-methyl/N-ethyl adjacent to an activating group) is 2. The summed E-state index contributed by atoms with van der Waals surface area (Å²) in [4.78, 5) is 24.2. The van der Waals surface area contributed by atoms with E-state index in [9.17, 15) is 0 Å². The number of benzene rings is 6. The van der Waals surface area contributed by atoms with Crippen LogP contribution in [0.2, 0.25) is 10.0 Å². The minimum atomic E-state index is -1.82. The molecule has 8 aromatic rings. The van der Waals surface area contributed by atoms with Crippen molar-refractivity contribution in [2.75, 3.05) is 81.9 Å². The predicted molar refractivity (Wildman–Crippen MR) is 337 cm³/mol. The molecule has 0 aliphatic rings. The average Bonchev–Trinajstić information content (AvgIpc) is 1.81. The maximum Gasteiger partial charge on any atom is 0.414 e. The number of rotatable bonds is 26. The molecule has 0 saturated heterocycles. The van der Waals surface area contributed by atoms with Crippen LogP contribution in [0.5, 0.6) is 34.5 Å². The Labute approximate surface area is 506 Å². The van der Waals surface area contributed by atoms with Crippen LogP contribution in [0.3, 0.4) is 0 Å². The lowest BCUT2D eigenvalue weighted by Crippen LogP contribution is -2.23. The normalized spacial score (nSPS) is 11.5. The fourth-order valence-corrected chi connectivity index (χ4v) is 12.4. The number of aryl methyl sites for hydroxylation is 2. The smallest absolute Gasteiger partial charge is 0.414 e. The number of aliphatic carboxylic acids is 2. The van der Waals surface area contributed by atoms with Crippen molar-refractivity contribution in [1.29, 1.82) is 0 Å². The molecule has 0 bridgehead atoms. The molecule has 0 fully saturated rings. The Morgan fingerprint density at radius 1 is 0.536 bits per heavy atom. The number of carboxylic acids is 2. The van der Waals surface area contributed by atoms with Gasteiger partial charge in [-0.05, 0) is 171 Å². The van der Waals surface area contributed by atoms with E-state index in [2.05, 4.69) is 111 Å². The summed E-state index contributed by atoms with van der Waals surface area (Å²) in [6.07, 6.45) is 3.39. The van der Waals surface area contributed by atoms with Gasteiger partial charge in [0.1, 0.15) is 11.5 Å². The molecule has 0 amide bonds. The highest BCUT2D eigenvalue weighted by atomic mass is 35.5. The highest BCUT2D eigenvalue weighted by Crippen LogP contribution is 2.47. The first-order valence-electron chi connectivity index (χ1n) is 28.0. The van der Waals surface area contributed by atoms with Crippen LogP contribution in [0.4, 0.5) is 0 Å². The molecule has 8 rings (SSSR count). The van der Waals surface area contributed by atoms with Gasteiger partial charge in [-0.25, -0.2) is 9.59 Å². The van der Waals surface area contributed by atoms with Crippen LogP contribution in [0.15, 0.2) is 119 Å². The zero-order valence-corrected chi connectivity index (χ0v) is 52.5. The van der Waals surface area contributed by atoms with Crippen molar-refractivity contribution in [3.05, 3.63) is 141 Å². The van der Waals surface area contributed by atoms with E-state index in [0.29, 0.717) is 44.5 Å². The largest absolute Gasteiger partial charge is 0.606 e. The fraction of sp³-hybridized carbons (Fsp3) is 0.364. The highest BCUT2D eigenvalue weighted by Gasteiger charge is 2.32. The number of aromatic nitrogens is 2. The molecule has 0 aliphatic carbocycles. The number of carboxylic acid groups (broad SMARTS) is 2. The van der Waals surface area contributed by atoms with Gasteiger partial charge in [-0.1, -0.05) is 63.0 Å². The second-order valence-corrected chi connectivity index (χ2v) is 23.6. The summed E-state index contributed by atoms with van der Waals surface area (Å²) in [6.45, 7) is 13.3. The van der Waals surface area contributed by atoms with Crippen molar-refractivity contribution in [1.82, 2.24) is 18.9 Å². The van der Waals surface area contributed by atoms with E-state index >= 15 is 4.55 Å². The molecule has 2 N–H and O–H groups in total. The van der Waals surface area contributed by atoms with Crippen molar-refractivity contribution in [3.8, 4) is 57.0 Å². The topological polar surface area (TPSA) is 169 Å². The molecule has 84 heavy (non-hydrogen) atoms. The molecule has 0 spiro atoms. The number of hydrogen-bond acceptors (Lipinski definition) is 11. The fourth-order valence-electron chi connectivity index (χ4n) is 10.7. The number of halogens is 2. The Balaban J connectivity index is 0.00000160. The van der Waals surface area contributed by atoms with Gasteiger partial charge in [-0.2, -0.15) is 0 Å². The lowest BCUT2D eigenvalue weighted by atomic mass is 9.96. The van der Waals surface area contributed by atoms with Crippen LogP contribution < -0.4 is 28.4 Å². The first-order chi connectivity index (χ1) is 40.2. The van der Waals surface area contributed by atoms with E-state index in [4.69, 9.17) is 71.4 Å². The van der Waals surface area contributed by atoms with E-state index in [1.54, 1.807) is 28.4 Å². The molecule has 6 aromatic carbocycles. The zero-order chi connectivity index (χ0) is 60.9. The van der Waals surface area contributed by atoms with Crippen molar-refractivity contribution in [2.45, 2.75) is 75.0 Å². The minimum Gasteiger partial charge on any atom is -0.606 e. The Morgan fingerprint density at radius 3 is 1.26 bits per heavy atom. The van der Waals surface area contributed by atoms with Gasteiger partial charge in [-0.3, -0.25) is 0 Å². The molecular formula is C66H78Cl2N4O11S. The van der Waals surface area contributed by atoms with Crippen LogP contribution >= 0.6 is 23.2 Å². The number of carbonyl (C=O) groups is 2. The molecule has 0 saturated carbocycles. The third-order valence-electron chi connectivity index (χ3n) is 14.9. The van der Waals surface area contributed by atoms with Crippen LogP contribution in [-0.4, -0.2) is 128 Å². The monoisotopic (exact) mass is 1200 g/mol. The first kappa shape index (κ1) is 64.5. The Hall–Kier alpha value is -7.05. The van der Waals surface area contributed by atoms with Crippen LogP contribution in [0.1, 0.15) is 74.6 Å². The maximum absolute atomic E-state index is 16.0. The summed E-state index contributed by atoms with van der Waals surface area (Å²) in [5.74, 6) is 0.914. The van der Waals surface area contributed by atoms with E-state index in [1.807, 2.05) is 72.8 Å². The SMILES string of the molecule is COc1ccc(CCN(C)CCCOc2ccc([S+]([O-])c3ccc(OCCCN(C)CCc4ccc(OC)c(OC)c4)cc3-c3c(C(C)C)c4cc(Cl)ccc4n3C)c(-c3c(C(C)C)c4cc(Cl)ccc4n3C)c2)cc1OC.O=C(O)C(=O)O. The lowest BCUT2D eigenvalue weighted by molar-refractivity contribution is -0.159. The van der Waals surface area contributed by atoms with Crippen molar-refractivity contribution < 1.29 is 52.8 Å². The van der Waals surface area contributed by atoms with Gasteiger partial charge >= 0.3 is 11.9 Å². The standard InChI is InChI=1S/C64H76Cl2N4O7S.C2H2O4/c1-41(2)61-49-37-45(65)17-21-53(49)69(7)63(61)51-39-47(76-33-13-29-67(5)31-27-43-15-23-55(72-9)57(35-43)74-11)19-25-59(51)78(71)60-26-20-48(40-52(60)64-62(42(3)4)50-38-46(66)18-22-54(50)70(64)8)77-34-14-30-68(6)32-28-44-16-24-56(73-10)58(36-44)75-12;3-1(4)2(5)6/h15-26,35-42H,13-14,27-34H2,1-12H3;(H,3,4)(H,5,6). The van der Waals surface area contributed by atoms with Gasteiger partial charge in [0.25, 0.3) is 0 Å². The van der Waals surface area contributed by atoms with Gasteiger partial charge in [0.2, 0.25) is 0 Å². The summed E-state index contributed by atoms with van der Waals surface area (Å²) >= 11 is 11.7. The van der Waals surface area contributed by atoms with E-state index in [0.717, 1.165) is 130 Å². The number of methoxy groups -OCH3 is 4. The average molecular weight is 1210 g/mol. The quantitative estimate of drug-likeness (QED) is 0.0299. The second-order valence-electron chi connectivity index (χ2n) is 21.4. The Kier molecular flexibility index (Phi) is 22.8. The lowest BCUT2D eigenvalue weighted by Gasteiger charge is -2.22. The second kappa shape index (κ2) is 29.7. The van der Waals surface area contributed by atoms with E-state index in [-0.39, 0.29) is 11.8 Å². The summed E-state index contributed by atoms with van der Waals surface area (Å²) in [5.41, 5.74) is 10.3. The molecule has 2 aromatic heterocycles. The predicted octanol–water partition coefficient (Wildman–Crippen LogP) is 13.8. The Bertz CT molecular complexity index is 3350. The van der Waals surface area contributed by atoms with Crippen molar-refractivity contribution in [3.63, 3.8) is 0 Å². The van der Waals surface area contributed by atoms with E-state index < -0.39 is 23.1 Å². The highest BCUT2D eigenvalue weighted by molar-refractivity contribution is 7.91. The third-order valence-corrected chi connectivity index (χ3v) is 16.9. The Morgan fingerprint density at radius 2 is 0.917 bits per heavy atom. The van der Waals surface area contributed by atoms with E-state index in [1.165, 1.54) is 11.1 Å². The summed E-state index contributed by atoms with van der Waals surface area (Å²) < 4.78 is 55.6. The van der Waals surface area contributed by atoms with Crippen LogP contribution in [0, 0.1) is 0 Å². The van der Waals surface area contributed by atoms with Crippen molar-refractivity contribution in [2.24, 2.45) is 14.1 Å². The molecule has 0 atom stereocenters. The number of fused-ring (bicyclic) bond motifs is 2. The van der Waals surface area contributed by atoms with Gasteiger partial charge < -0.3 is 62.1 Å². The molecular weight excluding hydrogens is 1130 g/mol. The van der Waals surface area contributed by atoms with Gasteiger partial charge in [0.05, 0.1) is 64.2 Å². The molecule has 18 heteroatoms. The minimum absolute atomic E-state index is 0.114. The zero-order valence-electron chi connectivity index (χ0n) is 50.1.